The Labute approximate surface area is 562 Å². The molecule has 3 aromatic carbocycles. The molecule has 95 heavy (non-hydrogen) atoms. The molecule has 0 spiro atoms. The van der Waals surface area contributed by atoms with E-state index in [9.17, 15) is 39.1 Å². The van der Waals surface area contributed by atoms with E-state index in [1.54, 1.807) is 26.3 Å². The monoisotopic (exact) mass is 1320 g/mol. The molecule has 7 aliphatic rings. The van der Waals surface area contributed by atoms with Crippen LogP contribution in [0.3, 0.4) is 0 Å². The predicted molar refractivity (Wildman–Crippen MR) is 366 cm³/mol. The Bertz CT molecular complexity index is 4050. The number of unbranched alkanes of at least 4 members (excludes halogenated alkanes) is 3. The summed E-state index contributed by atoms with van der Waals surface area (Å²) in [5.74, 6) is 0.697. The number of carbonyl (C=O) groups is 6. The fourth-order valence-corrected chi connectivity index (χ4v) is 17.7. The molecule has 22 heteroatoms. The molecule has 0 unspecified atom stereocenters. The summed E-state index contributed by atoms with van der Waals surface area (Å²) in [4.78, 5) is 103. The number of carbonyl (C=O) groups excluding carboxylic acids is 6. The van der Waals surface area contributed by atoms with Crippen LogP contribution in [0.25, 0.3) is 31.8 Å². The Morgan fingerprint density at radius 3 is 2.22 bits per heavy atom. The zero-order valence-electron chi connectivity index (χ0n) is 54.8. The maximum absolute atomic E-state index is 14.7. The van der Waals surface area contributed by atoms with Crippen molar-refractivity contribution >= 4 is 79.3 Å². The van der Waals surface area contributed by atoms with E-state index < -0.39 is 52.8 Å². The number of likely N-dealkylation sites (tertiary alicyclic amines) is 1. The van der Waals surface area contributed by atoms with E-state index in [0.717, 1.165) is 91.4 Å². The van der Waals surface area contributed by atoms with Gasteiger partial charge in [0.15, 0.2) is 5.13 Å². The SMILES string of the molecule is Cc1ncsc1-c1ccc([C@H](CC(=O)NCCCCCCNC(=O)c2nc(N3CCc4cccc(C(=O)Nc5nc6ccccc6s5)c4C3)ccc2-c2cnn(CC34CC5CC(CC(C5)C3)C4)c2C)NC(=O)[C@@H]2C[C@@H](O)CN2C(=O)[C@@H](NC(=O)C2(C#N)CC2)C(C)(C)C)cc1. The van der Waals surface area contributed by atoms with Gasteiger partial charge in [-0.1, -0.05) is 93.5 Å². The van der Waals surface area contributed by atoms with E-state index in [0.29, 0.717) is 86.1 Å². The average Bonchev–Trinajstić information content (AvgIpc) is 1.22. The van der Waals surface area contributed by atoms with Gasteiger partial charge >= 0.3 is 0 Å². The molecule has 4 atom stereocenters. The molecule has 4 aromatic heterocycles. The molecule has 7 aromatic rings. The van der Waals surface area contributed by atoms with E-state index in [2.05, 4.69) is 65.2 Å². The summed E-state index contributed by atoms with van der Waals surface area (Å²) in [7, 11) is 0. The van der Waals surface area contributed by atoms with Crippen LogP contribution < -0.4 is 31.5 Å². The van der Waals surface area contributed by atoms with E-state index in [1.165, 1.54) is 66.1 Å². The summed E-state index contributed by atoms with van der Waals surface area (Å²) < 4.78 is 3.18. The Kier molecular flexibility index (Phi) is 18.6. The Morgan fingerprint density at radius 1 is 0.811 bits per heavy atom. The topological polar surface area (TPSA) is 270 Å². The molecule has 20 nitrogen and oxygen atoms in total. The average molecular weight is 1320 g/mol. The molecule has 5 saturated carbocycles. The molecule has 0 radical (unpaired) electrons. The number of para-hydroxylation sites is 1. The fourth-order valence-electron chi connectivity index (χ4n) is 16.0. The first kappa shape index (κ1) is 65.3. The summed E-state index contributed by atoms with van der Waals surface area (Å²) in [5.41, 5.74) is 8.95. The van der Waals surface area contributed by atoms with Crippen LogP contribution in [0, 0.1) is 59.2 Å². The third-order valence-electron chi connectivity index (χ3n) is 20.9. The summed E-state index contributed by atoms with van der Waals surface area (Å²) in [6.45, 7) is 12.1. The second-order valence-corrected chi connectivity index (χ2v) is 30.8. The fraction of sp³-hybridized carbons (Fsp3) is 0.493. The Balaban J connectivity index is 0.651. The molecule has 6 amide bonds. The molecule has 496 valence electrons. The zero-order chi connectivity index (χ0) is 66.3. The number of aryl methyl sites for hydroxylation is 1. The number of benzene rings is 3. The molecular weight excluding hydrogens is 1240 g/mol. The van der Waals surface area contributed by atoms with Crippen LogP contribution in [0.15, 0.2) is 90.6 Å². The lowest BCUT2D eigenvalue weighted by Gasteiger charge is -2.56. The van der Waals surface area contributed by atoms with E-state index in [1.807, 2.05) is 85.9 Å². The number of pyridine rings is 1. The standard InChI is InChI=1S/C73H85N13O7S2/c1-43-63(94-42-77-43)50-19-17-49(18-20-50)57(79-66(90)58-32-51(87)38-85(58)68(92)64(71(3,4)5)82-69(93)73(40-74)24-25-73)33-61(88)75-26-10-6-7-11-27-76-67(91)62-52(54-37-78-86(44(54)2)41-72-34-45-29-46(35-72)31-47(30-45)36-72)21-22-60(81-62)84-28-23-48-13-12-14-53(55(48)39-84)65(89)83-70-80-56-15-8-9-16-59(56)95-70/h8-9,12-22,37,42,45-47,51,57-58,64,87H,6-7,10-11,23-36,38-39,41H2,1-5H3,(H,75,88)(H,76,91)(H,79,90)(H,82,93)(H,80,83,89)/t45?,46?,47?,51-,57+,58+,64-,72?/m1/s1. The van der Waals surface area contributed by atoms with Crippen LogP contribution in [0.1, 0.15) is 166 Å². The van der Waals surface area contributed by atoms with Crippen LogP contribution in [0.2, 0.25) is 0 Å². The van der Waals surface area contributed by atoms with Crippen LogP contribution in [0.4, 0.5) is 10.9 Å². The van der Waals surface area contributed by atoms with Crippen LogP contribution in [-0.2, 0) is 38.7 Å². The minimum Gasteiger partial charge on any atom is -0.391 e. The lowest BCUT2D eigenvalue weighted by atomic mass is 9.49. The molecular formula is C73H85N13O7S2. The van der Waals surface area contributed by atoms with Crippen molar-refractivity contribution in [1.82, 2.24) is 50.9 Å². The molecule has 2 aliphatic heterocycles. The van der Waals surface area contributed by atoms with Crippen molar-refractivity contribution in [1.29, 1.82) is 5.26 Å². The molecule has 6 heterocycles. The zero-order valence-corrected chi connectivity index (χ0v) is 56.5. The van der Waals surface area contributed by atoms with Gasteiger partial charge in [0.2, 0.25) is 23.6 Å². The van der Waals surface area contributed by atoms with Gasteiger partial charge in [-0.15, -0.1) is 11.3 Å². The number of β-amino-alcohol motifs (C(OH)–C–C–N with tert-alkyl or cyclic N) is 1. The van der Waals surface area contributed by atoms with Crippen molar-refractivity contribution in [3.8, 4) is 27.6 Å². The highest BCUT2D eigenvalue weighted by molar-refractivity contribution is 7.22. The second kappa shape index (κ2) is 27.0. The highest BCUT2D eigenvalue weighted by Gasteiger charge is 2.54. The van der Waals surface area contributed by atoms with Crippen molar-refractivity contribution < 1.29 is 33.9 Å². The van der Waals surface area contributed by atoms with Gasteiger partial charge in [0, 0.05) is 68.1 Å². The number of hydrogen-bond acceptors (Lipinski definition) is 15. The smallest absolute Gasteiger partial charge is 0.270 e. The quantitative estimate of drug-likeness (QED) is 0.0326. The number of aliphatic hydroxyl groups excluding tert-OH is 1. The first-order valence-corrected chi connectivity index (χ1v) is 35.5. The number of fused-ring (bicyclic) bond motifs is 2. The van der Waals surface area contributed by atoms with Gasteiger partial charge < -0.3 is 36.2 Å². The Morgan fingerprint density at radius 2 is 1.54 bits per heavy atom. The van der Waals surface area contributed by atoms with Crippen molar-refractivity contribution in [2.24, 2.45) is 34.0 Å². The number of amides is 6. The lowest BCUT2D eigenvalue weighted by molar-refractivity contribution is -0.144. The third kappa shape index (κ3) is 14.0. The summed E-state index contributed by atoms with van der Waals surface area (Å²) in [5, 5.41) is 41.5. The number of rotatable bonds is 23. The van der Waals surface area contributed by atoms with Gasteiger partial charge in [-0.25, -0.2) is 15.0 Å². The van der Waals surface area contributed by atoms with E-state index >= 15 is 0 Å². The lowest BCUT2D eigenvalue weighted by Crippen LogP contribution is -2.58. The van der Waals surface area contributed by atoms with E-state index in [4.69, 9.17) is 10.1 Å². The summed E-state index contributed by atoms with van der Waals surface area (Å²) >= 11 is 2.96. The molecule has 6 N–H and O–H groups in total. The van der Waals surface area contributed by atoms with Crippen molar-refractivity contribution in [2.75, 3.05) is 36.4 Å². The Hall–Kier alpha value is -8.39. The highest BCUT2D eigenvalue weighted by Crippen LogP contribution is 2.61. The normalized spacial score (nSPS) is 22.1. The van der Waals surface area contributed by atoms with Crippen LogP contribution >= 0.6 is 22.7 Å². The molecule has 6 fully saturated rings. The van der Waals surface area contributed by atoms with Crippen LogP contribution in [-0.4, -0.2) is 115 Å². The largest absolute Gasteiger partial charge is 0.391 e. The molecule has 4 bridgehead atoms. The minimum absolute atomic E-state index is 0.0395. The number of nitrogens with one attached hydrogen (secondary N) is 5. The summed E-state index contributed by atoms with van der Waals surface area (Å²) in [6, 6.07) is 24.4. The molecule has 14 rings (SSSR count). The van der Waals surface area contributed by atoms with Crippen molar-refractivity contribution in [3.05, 3.63) is 130 Å². The molecule has 1 saturated heterocycles. The second-order valence-electron chi connectivity index (χ2n) is 28.9. The maximum atomic E-state index is 14.7. The minimum atomic E-state index is -1.18. The third-order valence-corrected chi connectivity index (χ3v) is 22.8. The number of nitriles is 1. The first-order valence-electron chi connectivity index (χ1n) is 33.9. The number of aliphatic hydroxyl groups is 1. The van der Waals surface area contributed by atoms with Gasteiger partial charge in [0.05, 0.1) is 57.1 Å². The van der Waals surface area contributed by atoms with Crippen LogP contribution in [0.5, 0.6) is 0 Å². The number of aromatic nitrogens is 5. The van der Waals surface area contributed by atoms with Crippen molar-refractivity contribution in [3.63, 3.8) is 0 Å². The van der Waals surface area contributed by atoms with Gasteiger partial charge in [-0.3, -0.25) is 38.8 Å². The number of anilines is 2. The van der Waals surface area contributed by atoms with Gasteiger partial charge in [-0.2, -0.15) is 10.4 Å². The summed E-state index contributed by atoms with van der Waals surface area (Å²) in [6.07, 6.45) is 13.1. The predicted octanol–water partition coefficient (Wildman–Crippen LogP) is 10.8. The van der Waals surface area contributed by atoms with Gasteiger partial charge in [0.1, 0.15) is 29.0 Å². The highest BCUT2D eigenvalue weighted by atomic mass is 32.1. The maximum Gasteiger partial charge on any atom is 0.270 e. The van der Waals surface area contributed by atoms with Crippen molar-refractivity contribution in [2.45, 2.75) is 168 Å². The van der Waals surface area contributed by atoms with Gasteiger partial charge in [-0.05, 0) is 166 Å². The number of nitrogens with zero attached hydrogens (tertiary/aromatic N) is 8. The first-order chi connectivity index (χ1) is 45.7. The van der Waals surface area contributed by atoms with E-state index in [-0.39, 0.29) is 42.5 Å². The number of hydrogen-bond donors (Lipinski definition) is 6. The molecule has 5 aliphatic carbocycles. The number of thiazole rings is 2. The van der Waals surface area contributed by atoms with Gasteiger partial charge in [0.25, 0.3) is 11.8 Å².